The number of imidazole rings is 1. The number of aryl methyl sites for hydroxylation is 1. The molecule has 2 aromatic rings. The van der Waals surface area contributed by atoms with E-state index < -0.39 is 0 Å². The van der Waals surface area contributed by atoms with Crippen molar-refractivity contribution >= 4 is 5.91 Å². The fraction of sp³-hybridized carbons (Fsp3) is 0.444. The highest BCUT2D eigenvalue weighted by Crippen LogP contribution is 2.26. The number of hydrogen-bond donors (Lipinski definition) is 0. The Balaban J connectivity index is 1.86. The van der Waals surface area contributed by atoms with Crippen molar-refractivity contribution in [2.24, 2.45) is 13.0 Å². The van der Waals surface area contributed by atoms with Crippen LogP contribution in [0.1, 0.15) is 30.8 Å². The molecule has 5 nitrogen and oxygen atoms in total. The molecular formula is C18H23N3O2. The molecule has 0 aliphatic carbocycles. The quantitative estimate of drug-likeness (QED) is 0.852. The molecule has 0 N–H and O–H groups in total. The number of amides is 1. The number of aromatic nitrogens is 2. The zero-order valence-electron chi connectivity index (χ0n) is 13.7. The Morgan fingerprint density at radius 2 is 2.22 bits per heavy atom. The second-order valence-corrected chi connectivity index (χ2v) is 6.07. The average molecular weight is 313 g/mol. The lowest BCUT2D eigenvalue weighted by Gasteiger charge is -2.31. The normalized spacial score (nSPS) is 18.8. The Morgan fingerprint density at radius 1 is 1.43 bits per heavy atom. The van der Waals surface area contributed by atoms with E-state index in [1.807, 2.05) is 40.9 Å². The van der Waals surface area contributed by atoms with Crippen LogP contribution in [0.3, 0.4) is 0 Å². The van der Waals surface area contributed by atoms with E-state index in [1.54, 1.807) is 6.20 Å². The first-order valence-corrected chi connectivity index (χ1v) is 8.06. The second-order valence-electron chi connectivity index (χ2n) is 6.07. The summed E-state index contributed by atoms with van der Waals surface area (Å²) < 4.78 is 7.37. The van der Waals surface area contributed by atoms with E-state index >= 15 is 0 Å². The van der Waals surface area contributed by atoms with Crippen LogP contribution >= 0.6 is 0 Å². The Kier molecular flexibility index (Phi) is 4.76. The summed E-state index contributed by atoms with van der Waals surface area (Å²) in [5.41, 5.74) is 1.13. The monoisotopic (exact) mass is 313 g/mol. The van der Waals surface area contributed by atoms with Crippen molar-refractivity contribution < 1.29 is 9.53 Å². The maximum absolute atomic E-state index is 13.0. The van der Waals surface area contributed by atoms with Gasteiger partial charge in [-0.2, -0.15) is 0 Å². The van der Waals surface area contributed by atoms with Gasteiger partial charge in [0.1, 0.15) is 5.82 Å². The summed E-state index contributed by atoms with van der Waals surface area (Å²) >= 11 is 0. The van der Waals surface area contributed by atoms with E-state index in [0.717, 1.165) is 17.8 Å². The molecule has 122 valence electrons. The lowest BCUT2D eigenvalue weighted by molar-refractivity contribution is -0.138. The van der Waals surface area contributed by atoms with Crippen LogP contribution in [0.4, 0.5) is 0 Å². The predicted octanol–water partition coefficient (Wildman–Crippen LogP) is 2.55. The van der Waals surface area contributed by atoms with Crippen LogP contribution in [0.5, 0.6) is 0 Å². The van der Waals surface area contributed by atoms with Gasteiger partial charge in [0.25, 0.3) is 0 Å². The smallest absolute Gasteiger partial charge is 0.229 e. The first-order valence-electron chi connectivity index (χ1n) is 8.06. The third-order valence-corrected chi connectivity index (χ3v) is 4.54. The molecule has 2 atom stereocenters. The van der Waals surface area contributed by atoms with Gasteiger partial charge in [0.2, 0.25) is 5.91 Å². The minimum Gasteiger partial charge on any atom is -0.381 e. The lowest BCUT2D eigenvalue weighted by Crippen LogP contribution is -2.38. The fourth-order valence-corrected chi connectivity index (χ4v) is 2.98. The number of ether oxygens (including phenoxy) is 1. The second kappa shape index (κ2) is 6.96. The largest absolute Gasteiger partial charge is 0.381 e. The fourth-order valence-electron chi connectivity index (χ4n) is 2.98. The molecule has 0 radical (unpaired) electrons. The van der Waals surface area contributed by atoms with Crippen LogP contribution < -0.4 is 0 Å². The standard InChI is InChI=1S/C18H23N3O2/c1-14(15-6-4-3-5-7-15)21(12-17-19-9-10-20(17)2)18(22)16-8-11-23-13-16/h3-7,9-10,14,16H,8,11-13H2,1-2H3/t14-,16+/m1/s1. The first kappa shape index (κ1) is 15.7. The van der Waals surface area contributed by atoms with Crippen LogP contribution in [0.25, 0.3) is 0 Å². The van der Waals surface area contributed by atoms with Crippen LogP contribution in [0, 0.1) is 5.92 Å². The van der Waals surface area contributed by atoms with Gasteiger partial charge in [0.05, 0.1) is 25.1 Å². The van der Waals surface area contributed by atoms with Crippen molar-refractivity contribution in [3.05, 3.63) is 54.1 Å². The molecular weight excluding hydrogens is 290 g/mol. The Bertz CT molecular complexity index is 647. The van der Waals surface area contributed by atoms with Gasteiger partial charge in [-0.05, 0) is 18.9 Å². The highest BCUT2D eigenvalue weighted by atomic mass is 16.5. The van der Waals surface area contributed by atoms with E-state index in [9.17, 15) is 4.79 Å². The summed E-state index contributed by atoms with van der Waals surface area (Å²) in [7, 11) is 1.96. The zero-order valence-corrected chi connectivity index (χ0v) is 13.7. The molecule has 2 heterocycles. The molecule has 1 aromatic heterocycles. The van der Waals surface area contributed by atoms with Gasteiger partial charge in [-0.1, -0.05) is 30.3 Å². The van der Waals surface area contributed by atoms with Gasteiger partial charge < -0.3 is 14.2 Å². The van der Waals surface area contributed by atoms with Crippen LogP contribution in [-0.4, -0.2) is 33.6 Å². The van der Waals surface area contributed by atoms with Gasteiger partial charge >= 0.3 is 0 Å². The molecule has 23 heavy (non-hydrogen) atoms. The van der Waals surface area contributed by atoms with Crippen molar-refractivity contribution in [3.63, 3.8) is 0 Å². The molecule has 1 aromatic carbocycles. The highest BCUT2D eigenvalue weighted by molar-refractivity contribution is 5.79. The minimum atomic E-state index is -0.0403. The third kappa shape index (κ3) is 3.45. The molecule has 0 spiro atoms. The molecule has 1 amide bonds. The van der Waals surface area contributed by atoms with Crippen LogP contribution in [0.15, 0.2) is 42.7 Å². The predicted molar refractivity (Wildman–Crippen MR) is 87.5 cm³/mol. The van der Waals surface area contributed by atoms with Gasteiger partial charge in [0.15, 0.2) is 0 Å². The molecule has 0 bridgehead atoms. The maximum atomic E-state index is 13.0. The van der Waals surface area contributed by atoms with Gasteiger partial charge in [-0.25, -0.2) is 4.98 Å². The highest BCUT2D eigenvalue weighted by Gasteiger charge is 2.31. The van der Waals surface area contributed by atoms with Crippen molar-refractivity contribution in [1.82, 2.24) is 14.5 Å². The molecule has 1 aliphatic heterocycles. The molecule has 1 aliphatic rings. The number of carbonyl (C=O) groups is 1. The van der Waals surface area contributed by atoms with E-state index in [2.05, 4.69) is 24.0 Å². The van der Waals surface area contributed by atoms with Gasteiger partial charge in [-0.15, -0.1) is 0 Å². The van der Waals surface area contributed by atoms with E-state index in [1.165, 1.54) is 0 Å². The summed E-state index contributed by atoms with van der Waals surface area (Å²) in [4.78, 5) is 19.3. The summed E-state index contributed by atoms with van der Waals surface area (Å²) in [5.74, 6) is 1.00. The summed E-state index contributed by atoms with van der Waals surface area (Å²) in [6, 6.07) is 10.1. The third-order valence-electron chi connectivity index (χ3n) is 4.54. The zero-order chi connectivity index (χ0) is 16.2. The van der Waals surface area contributed by atoms with Gasteiger partial charge in [-0.3, -0.25) is 4.79 Å². The number of rotatable bonds is 5. The van der Waals surface area contributed by atoms with Crippen molar-refractivity contribution in [2.75, 3.05) is 13.2 Å². The number of nitrogens with zero attached hydrogens (tertiary/aromatic N) is 3. The van der Waals surface area contributed by atoms with E-state index in [0.29, 0.717) is 19.8 Å². The van der Waals surface area contributed by atoms with E-state index in [-0.39, 0.29) is 17.9 Å². The number of benzene rings is 1. The summed E-state index contributed by atoms with van der Waals surface area (Å²) in [5, 5.41) is 0. The molecule has 1 saturated heterocycles. The lowest BCUT2D eigenvalue weighted by atomic mass is 10.0. The molecule has 0 unspecified atom stereocenters. The maximum Gasteiger partial charge on any atom is 0.229 e. The topological polar surface area (TPSA) is 47.4 Å². The Hall–Kier alpha value is -2.14. The van der Waals surface area contributed by atoms with Crippen LogP contribution in [0.2, 0.25) is 0 Å². The average Bonchev–Trinajstić information content (AvgIpc) is 3.24. The molecule has 3 rings (SSSR count). The molecule has 5 heteroatoms. The SMILES string of the molecule is C[C@H](c1ccccc1)N(Cc1nccn1C)C(=O)[C@H]1CCOC1. The summed E-state index contributed by atoms with van der Waals surface area (Å²) in [6.07, 6.45) is 4.48. The van der Waals surface area contributed by atoms with Gasteiger partial charge in [0, 0.05) is 26.0 Å². The Labute approximate surface area is 136 Å². The summed E-state index contributed by atoms with van der Waals surface area (Å²) in [6.45, 7) is 3.78. The Morgan fingerprint density at radius 3 is 2.83 bits per heavy atom. The van der Waals surface area contributed by atoms with Crippen LogP contribution in [-0.2, 0) is 23.1 Å². The minimum absolute atomic E-state index is 0.000926. The molecule has 1 fully saturated rings. The molecule has 0 saturated carbocycles. The number of carbonyl (C=O) groups excluding carboxylic acids is 1. The number of hydrogen-bond acceptors (Lipinski definition) is 3. The van der Waals surface area contributed by atoms with E-state index in [4.69, 9.17) is 4.74 Å². The first-order chi connectivity index (χ1) is 11.2. The van der Waals surface area contributed by atoms with Crippen molar-refractivity contribution in [2.45, 2.75) is 25.9 Å². The van der Waals surface area contributed by atoms with Crippen molar-refractivity contribution in [1.29, 1.82) is 0 Å². The van der Waals surface area contributed by atoms with Crippen molar-refractivity contribution in [3.8, 4) is 0 Å².